The standard InChI is InChI=1S/C25H25N5O3S2/c1-4-26-25-30-22(17-9-15(2)10-20(12-17)33-3)23(34-25)21-7-8-27-24(29-21)28-19-6-5-16-13-35(31,32)14-18(16)11-19/h5-12H,4,13-14H2,1-3H3,(H,26,30)(H,27,28,29). The monoisotopic (exact) mass is 507 g/mol. The quantitative estimate of drug-likeness (QED) is 0.352. The first-order valence-electron chi connectivity index (χ1n) is 11.2. The van der Waals surface area contributed by atoms with Crippen LogP contribution in [0.25, 0.3) is 21.8 Å². The van der Waals surface area contributed by atoms with Crippen molar-refractivity contribution in [3.63, 3.8) is 0 Å². The summed E-state index contributed by atoms with van der Waals surface area (Å²) in [7, 11) is -1.40. The van der Waals surface area contributed by atoms with Crippen LogP contribution in [-0.4, -0.2) is 37.0 Å². The zero-order valence-corrected chi connectivity index (χ0v) is 21.3. The normalized spacial score (nSPS) is 13.9. The summed E-state index contributed by atoms with van der Waals surface area (Å²) in [6, 6.07) is 13.5. The Morgan fingerprint density at radius 1 is 1.06 bits per heavy atom. The lowest BCUT2D eigenvalue weighted by atomic mass is 10.1. The Kier molecular flexibility index (Phi) is 6.16. The van der Waals surface area contributed by atoms with E-state index in [1.165, 1.54) is 11.3 Å². The number of hydrogen-bond acceptors (Lipinski definition) is 9. The van der Waals surface area contributed by atoms with Crippen LogP contribution >= 0.6 is 11.3 Å². The third-order valence-corrected chi connectivity index (χ3v) is 8.15. The van der Waals surface area contributed by atoms with Gasteiger partial charge >= 0.3 is 0 Å². The number of sulfone groups is 1. The molecule has 2 aromatic heterocycles. The Morgan fingerprint density at radius 2 is 1.89 bits per heavy atom. The van der Waals surface area contributed by atoms with Crippen LogP contribution in [0.3, 0.4) is 0 Å². The summed E-state index contributed by atoms with van der Waals surface area (Å²) in [6.07, 6.45) is 1.70. The number of thiazole rings is 1. The lowest BCUT2D eigenvalue weighted by Gasteiger charge is -2.09. The summed E-state index contributed by atoms with van der Waals surface area (Å²) in [5.74, 6) is 1.36. The van der Waals surface area contributed by atoms with Crippen molar-refractivity contribution in [3.05, 3.63) is 65.4 Å². The highest BCUT2D eigenvalue weighted by Crippen LogP contribution is 2.40. The molecule has 35 heavy (non-hydrogen) atoms. The maximum absolute atomic E-state index is 12.0. The number of aromatic nitrogens is 3. The topological polar surface area (TPSA) is 106 Å². The van der Waals surface area contributed by atoms with E-state index in [1.807, 2.05) is 50.2 Å². The largest absolute Gasteiger partial charge is 0.497 e. The number of benzene rings is 2. The molecule has 0 atom stereocenters. The zero-order valence-electron chi connectivity index (χ0n) is 19.6. The van der Waals surface area contributed by atoms with E-state index in [4.69, 9.17) is 14.7 Å². The van der Waals surface area contributed by atoms with E-state index >= 15 is 0 Å². The number of hydrogen-bond donors (Lipinski definition) is 2. The van der Waals surface area contributed by atoms with Gasteiger partial charge in [0.25, 0.3) is 0 Å². The summed E-state index contributed by atoms with van der Waals surface area (Å²) < 4.78 is 29.4. The molecular formula is C25H25N5O3S2. The minimum Gasteiger partial charge on any atom is -0.497 e. The predicted octanol–water partition coefficient (Wildman–Crippen LogP) is 5.19. The number of aryl methyl sites for hydroxylation is 1. The first kappa shape index (κ1) is 23.3. The number of fused-ring (bicyclic) bond motifs is 1. The first-order valence-corrected chi connectivity index (χ1v) is 13.8. The number of methoxy groups -OCH3 is 1. The third kappa shape index (κ3) is 4.98. The first-order chi connectivity index (χ1) is 16.8. The Bertz CT molecular complexity index is 1520. The fourth-order valence-electron chi connectivity index (χ4n) is 4.10. The average molecular weight is 508 g/mol. The van der Waals surface area contributed by atoms with Gasteiger partial charge in [0, 0.05) is 24.0 Å². The molecule has 180 valence electrons. The summed E-state index contributed by atoms with van der Waals surface area (Å²) in [6.45, 7) is 4.82. The van der Waals surface area contributed by atoms with Crippen LogP contribution in [0.2, 0.25) is 0 Å². The Morgan fingerprint density at radius 3 is 2.69 bits per heavy atom. The Balaban J connectivity index is 1.50. The van der Waals surface area contributed by atoms with Crippen molar-refractivity contribution in [2.75, 3.05) is 24.3 Å². The van der Waals surface area contributed by atoms with Crippen molar-refractivity contribution in [2.45, 2.75) is 25.4 Å². The molecule has 4 aromatic rings. The second-order valence-corrected chi connectivity index (χ2v) is 11.4. The molecule has 5 rings (SSSR count). The van der Waals surface area contributed by atoms with Gasteiger partial charge in [0.2, 0.25) is 5.95 Å². The minimum absolute atomic E-state index is 0.0656. The molecule has 0 radical (unpaired) electrons. The Labute approximate surface area is 208 Å². The number of ether oxygens (including phenoxy) is 1. The van der Waals surface area contributed by atoms with Gasteiger partial charge in [-0.1, -0.05) is 17.4 Å². The molecule has 2 N–H and O–H groups in total. The molecule has 0 fully saturated rings. The average Bonchev–Trinajstić information content (AvgIpc) is 3.38. The molecule has 3 heterocycles. The van der Waals surface area contributed by atoms with Crippen molar-refractivity contribution in [3.8, 4) is 27.6 Å². The summed E-state index contributed by atoms with van der Waals surface area (Å²) in [5, 5.41) is 7.34. The molecule has 10 heteroatoms. The van der Waals surface area contributed by atoms with E-state index in [9.17, 15) is 8.42 Å². The van der Waals surface area contributed by atoms with Crippen LogP contribution in [0, 0.1) is 6.92 Å². The lowest BCUT2D eigenvalue weighted by molar-refractivity contribution is 0.414. The number of nitrogens with one attached hydrogen (secondary N) is 2. The fourth-order valence-corrected chi connectivity index (χ4v) is 6.72. The van der Waals surface area contributed by atoms with Gasteiger partial charge in [-0.15, -0.1) is 0 Å². The number of nitrogens with zero attached hydrogens (tertiary/aromatic N) is 3. The van der Waals surface area contributed by atoms with Gasteiger partial charge in [-0.2, -0.15) is 0 Å². The molecule has 0 bridgehead atoms. The van der Waals surface area contributed by atoms with Crippen molar-refractivity contribution in [2.24, 2.45) is 0 Å². The van der Waals surface area contributed by atoms with Crippen LogP contribution in [0.1, 0.15) is 23.6 Å². The van der Waals surface area contributed by atoms with Crippen LogP contribution in [0.4, 0.5) is 16.8 Å². The highest BCUT2D eigenvalue weighted by Gasteiger charge is 2.24. The molecule has 0 saturated heterocycles. The van der Waals surface area contributed by atoms with Crippen LogP contribution in [-0.2, 0) is 21.3 Å². The summed E-state index contributed by atoms with van der Waals surface area (Å²) in [5.41, 5.74) is 6.00. The van der Waals surface area contributed by atoms with Gasteiger partial charge in [-0.05, 0) is 66.9 Å². The van der Waals surface area contributed by atoms with Crippen LogP contribution < -0.4 is 15.4 Å². The number of rotatable bonds is 7. The highest BCUT2D eigenvalue weighted by atomic mass is 32.2. The zero-order chi connectivity index (χ0) is 24.6. The lowest BCUT2D eigenvalue weighted by Crippen LogP contribution is -1.99. The van der Waals surface area contributed by atoms with E-state index in [-0.39, 0.29) is 11.5 Å². The smallest absolute Gasteiger partial charge is 0.227 e. The molecule has 0 amide bonds. The second-order valence-electron chi connectivity index (χ2n) is 8.37. The van der Waals surface area contributed by atoms with Gasteiger partial charge in [-0.3, -0.25) is 0 Å². The van der Waals surface area contributed by atoms with E-state index in [2.05, 4.69) is 21.7 Å². The minimum atomic E-state index is -3.06. The maximum atomic E-state index is 12.0. The van der Waals surface area contributed by atoms with Crippen molar-refractivity contribution < 1.29 is 13.2 Å². The van der Waals surface area contributed by atoms with Crippen molar-refractivity contribution in [1.29, 1.82) is 0 Å². The van der Waals surface area contributed by atoms with Gasteiger partial charge in [0.05, 0.1) is 34.9 Å². The van der Waals surface area contributed by atoms with Gasteiger partial charge in [0.15, 0.2) is 15.0 Å². The summed E-state index contributed by atoms with van der Waals surface area (Å²) >= 11 is 1.53. The summed E-state index contributed by atoms with van der Waals surface area (Å²) in [4.78, 5) is 14.9. The van der Waals surface area contributed by atoms with Gasteiger partial charge in [-0.25, -0.2) is 23.4 Å². The van der Waals surface area contributed by atoms with Crippen LogP contribution in [0.5, 0.6) is 5.75 Å². The Hall–Kier alpha value is -3.50. The predicted molar refractivity (Wildman–Crippen MR) is 140 cm³/mol. The van der Waals surface area contributed by atoms with E-state index < -0.39 is 9.84 Å². The molecular weight excluding hydrogens is 482 g/mol. The maximum Gasteiger partial charge on any atom is 0.227 e. The van der Waals surface area contributed by atoms with Crippen molar-refractivity contribution in [1.82, 2.24) is 15.0 Å². The number of anilines is 3. The molecule has 0 saturated carbocycles. The molecule has 0 aliphatic carbocycles. The van der Waals surface area contributed by atoms with Crippen molar-refractivity contribution >= 4 is 37.9 Å². The van der Waals surface area contributed by atoms with E-state index in [0.717, 1.165) is 61.6 Å². The molecule has 1 aliphatic heterocycles. The third-order valence-electron chi connectivity index (χ3n) is 5.62. The van der Waals surface area contributed by atoms with Gasteiger partial charge in [0.1, 0.15) is 5.75 Å². The molecule has 0 spiro atoms. The van der Waals surface area contributed by atoms with E-state index in [1.54, 1.807) is 13.3 Å². The van der Waals surface area contributed by atoms with Gasteiger partial charge < -0.3 is 15.4 Å². The highest BCUT2D eigenvalue weighted by molar-refractivity contribution is 7.90. The molecule has 8 nitrogen and oxygen atoms in total. The molecule has 0 unspecified atom stereocenters. The fraction of sp³-hybridized carbons (Fsp3) is 0.240. The SMILES string of the molecule is CCNc1nc(-c2cc(C)cc(OC)c2)c(-c2ccnc(Nc3ccc4c(c3)CS(=O)(=O)C4)n2)s1. The molecule has 2 aromatic carbocycles. The molecule has 1 aliphatic rings. The van der Waals surface area contributed by atoms with Crippen LogP contribution in [0.15, 0.2) is 48.7 Å². The van der Waals surface area contributed by atoms with E-state index in [0.29, 0.717) is 5.95 Å². The second kappa shape index (κ2) is 9.27.